The van der Waals surface area contributed by atoms with E-state index in [1.807, 2.05) is 43.3 Å². The fourth-order valence-corrected chi connectivity index (χ4v) is 4.20. The van der Waals surface area contributed by atoms with Gasteiger partial charge in [0.2, 0.25) is 0 Å². The monoisotopic (exact) mass is 530 g/mol. The van der Waals surface area contributed by atoms with E-state index in [1.54, 1.807) is 6.92 Å². The van der Waals surface area contributed by atoms with Crippen molar-refractivity contribution >= 4 is 33.5 Å². The summed E-state index contributed by atoms with van der Waals surface area (Å²) in [4.78, 5) is 22.5. The number of ether oxygens (including phenoxy) is 3. The van der Waals surface area contributed by atoms with Gasteiger partial charge in [-0.3, -0.25) is 0 Å². The molecule has 206 valence electrons. The molecule has 39 heavy (non-hydrogen) atoms. The lowest BCUT2D eigenvalue weighted by Gasteiger charge is -2.15. The summed E-state index contributed by atoms with van der Waals surface area (Å²) in [5, 5.41) is 13.5. The van der Waals surface area contributed by atoms with Crippen molar-refractivity contribution in [2.75, 3.05) is 7.11 Å². The molecule has 0 fully saturated rings. The van der Waals surface area contributed by atoms with Gasteiger partial charge in [-0.15, -0.1) is 0 Å². The Balaban J connectivity index is 0.000000216. The largest absolute Gasteiger partial charge is 0.479 e. The van der Waals surface area contributed by atoms with Gasteiger partial charge in [0.05, 0.1) is 7.11 Å². The van der Waals surface area contributed by atoms with Gasteiger partial charge in [0.15, 0.2) is 12.2 Å². The van der Waals surface area contributed by atoms with Crippen LogP contribution in [-0.2, 0) is 27.2 Å². The van der Waals surface area contributed by atoms with Crippen LogP contribution in [0.25, 0.3) is 21.5 Å². The van der Waals surface area contributed by atoms with Crippen LogP contribution in [0.2, 0.25) is 0 Å². The van der Waals surface area contributed by atoms with Gasteiger partial charge in [0, 0.05) is 0 Å². The molecule has 6 nitrogen and oxygen atoms in total. The Morgan fingerprint density at radius 1 is 0.641 bits per heavy atom. The molecule has 0 bridgehead atoms. The van der Waals surface area contributed by atoms with Crippen LogP contribution in [0, 0.1) is 0 Å². The predicted molar refractivity (Wildman–Crippen MR) is 156 cm³/mol. The van der Waals surface area contributed by atoms with E-state index in [0.29, 0.717) is 24.3 Å². The van der Waals surface area contributed by atoms with Crippen LogP contribution < -0.4 is 9.47 Å². The van der Waals surface area contributed by atoms with Crippen LogP contribution in [0.15, 0.2) is 72.8 Å². The zero-order chi connectivity index (χ0) is 28.4. The van der Waals surface area contributed by atoms with Gasteiger partial charge in [-0.2, -0.15) is 0 Å². The summed E-state index contributed by atoms with van der Waals surface area (Å²) in [7, 11) is 1.38. The van der Waals surface area contributed by atoms with E-state index < -0.39 is 18.2 Å². The Kier molecular flexibility index (Phi) is 10.7. The number of methoxy groups -OCH3 is 1. The molecular weight excluding hydrogens is 492 g/mol. The minimum Gasteiger partial charge on any atom is -0.479 e. The van der Waals surface area contributed by atoms with E-state index in [2.05, 4.69) is 50.2 Å². The van der Waals surface area contributed by atoms with E-state index in [-0.39, 0.29) is 5.97 Å². The number of carboxylic acids is 1. The summed E-state index contributed by atoms with van der Waals surface area (Å²) >= 11 is 0. The Bertz CT molecular complexity index is 1410. The minimum absolute atomic E-state index is 0.338. The van der Waals surface area contributed by atoms with Crippen LogP contribution in [0.1, 0.15) is 51.7 Å². The maximum Gasteiger partial charge on any atom is 0.347 e. The quantitative estimate of drug-likeness (QED) is 0.216. The van der Waals surface area contributed by atoms with Crippen molar-refractivity contribution in [3.05, 3.63) is 83.9 Å². The number of hydrogen-bond acceptors (Lipinski definition) is 5. The molecule has 0 aromatic heterocycles. The van der Waals surface area contributed by atoms with Gasteiger partial charge in [0.1, 0.15) is 11.5 Å². The molecule has 2 unspecified atom stereocenters. The molecule has 4 aromatic rings. The highest BCUT2D eigenvalue weighted by molar-refractivity contribution is 5.85. The number of benzene rings is 4. The first-order valence-electron chi connectivity index (χ1n) is 13.5. The number of aliphatic carboxylic acids is 1. The van der Waals surface area contributed by atoms with Crippen molar-refractivity contribution in [1.29, 1.82) is 0 Å². The van der Waals surface area contributed by atoms with Crippen LogP contribution >= 0.6 is 0 Å². The molecule has 4 aromatic carbocycles. The number of aryl methyl sites for hydroxylation is 2. The van der Waals surface area contributed by atoms with Crippen LogP contribution in [-0.4, -0.2) is 36.4 Å². The Morgan fingerprint density at radius 3 is 1.46 bits per heavy atom. The molecule has 0 spiro atoms. The van der Waals surface area contributed by atoms with E-state index >= 15 is 0 Å². The van der Waals surface area contributed by atoms with Crippen LogP contribution in [0.4, 0.5) is 0 Å². The topological polar surface area (TPSA) is 82.1 Å². The second-order valence-electron chi connectivity index (χ2n) is 9.28. The number of carboxylic acid groups (broad SMARTS) is 1. The molecule has 0 saturated carbocycles. The third-order valence-electron chi connectivity index (χ3n) is 6.61. The number of carbonyl (C=O) groups is 2. The van der Waals surface area contributed by atoms with Gasteiger partial charge in [-0.25, -0.2) is 9.59 Å². The SMILES string of the molecule is CCc1ccc2ccc(OC(CC)C(=O)O)cc2c1.CCc1ccc2ccc(OC(CC)C(=O)OC)cc2c1. The maximum atomic E-state index is 11.6. The molecule has 0 aliphatic heterocycles. The lowest BCUT2D eigenvalue weighted by atomic mass is 10.1. The second-order valence-corrected chi connectivity index (χ2v) is 9.28. The highest BCUT2D eigenvalue weighted by Crippen LogP contribution is 2.25. The third-order valence-corrected chi connectivity index (χ3v) is 6.61. The summed E-state index contributed by atoms with van der Waals surface area (Å²) in [5.41, 5.74) is 2.55. The molecule has 4 rings (SSSR count). The highest BCUT2D eigenvalue weighted by atomic mass is 16.6. The molecule has 1 N–H and O–H groups in total. The fourth-order valence-electron chi connectivity index (χ4n) is 4.20. The predicted octanol–water partition coefficient (Wildman–Crippen LogP) is 7.38. The number of esters is 1. The molecule has 0 saturated heterocycles. The highest BCUT2D eigenvalue weighted by Gasteiger charge is 2.19. The summed E-state index contributed by atoms with van der Waals surface area (Å²) in [5.74, 6) is 0.0396. The lowest BCUT2D eigenvalue weighted by molar-refractivity contribution is -0.149. The Morgan fingerprint density at radius 2 is 1.08 bits per heavy atom. The lowest BCUT2D eigenvalue weighted by Crippen LogP contribution is -2.27. The van der Waals surface area contributed by atoms with Gasteiger partial charge >= 0.3 is 11.9 Å². The fraction of sp³-hybridized carbons (Fsp3) is 0.333. The normalized spacial score (nSPS) is 12.2. The first-order valence-corrected chi connectivity index (χ1v) is 13.5. The molecular formula is C33H38O6. The van der Waals surface area contributed by atoms with Gasteiger partial charge in [-0.1, -0.05) is 76.2 Å². The Hall–Kier alpha value is -4.06. The average Bonchev–Trinajstić information content (AvgIpc) is 2.97. The minimum atomic E-state index is -0.926. The number of fused-ring (bicyclic) bond motifs is 2. The Labute approximate surface area is 230 Å². The average molecular weight is 531 g/mol. The van der Waals surface area contributed by atoms with Gasteiger partial charge in [0.25, 0.3) is 0 Å². The smallest absolute Gasteiger partial charge is 0.347 e. The number of carbonyl (C=O) groups excluding carboxylic acids is 1. The molecule has 6 heteroatoms. The second kappa shape index (κ2) is 14.2. The number of rotatable bonds is 10. The molecule has 0 amide bonds. The molecule has 0 heterocycles. The maximum absolute atomic E-state index is 11.6. The molecule has 0 radical (unpaired) electrons. The van der Waals surface area contributed by atoms with Gasteiger partial charge < -0.3 is 19.3 Å². The summed E-state index contributed by atoms with van der Waals surface area (Å²) in [6, 6.07) is 24.2. The van der Waals surface area contributed by atoms with E-state index in [1.165, 1.54) is 23.6 Å². The molecule has 2 atom stereocenters. The van der Waals surface area contributed by atoms with E-state index in [4.69, 9.17) is 19.3 Å². The zero-order valence-electron chi connectivity index (χ0n) is 23.4. The van der Waals surface area contributed by atoms with Crippen LogP contribution in [0.5, 0.6) is 11.5 Å². The van der Waals surface area contributed by atoms with E-state index in [0.717, 1.165) is 29.0 Å². The summed E-state index contributed by atoms with van der Waals surface area (Å²) in [6.07, 6.45) is 1.68. The molecule has 0 aliphatic carbocycles. The first-order chi connectivity index (χ1) is 18.8. The van der Waals surface area contributed by atoms with E-state index in [9.17, 15) is 9.59 Å². The van der Waals surface area contributed by atoms with Crippen molar-refractivity contribution in [2.24, 2.45) is 0 Å². The van der Waals surface area contributed by atoms with Crippen molar-refractivity contribution in [2.45, 2.75) is 65.6 Å². The summed E-state index contributed by atoms with van der Waals surface area (Å²) < 4.78 is 16.0. The van der Waals surface area contributed by atoms with Crippen molar-refractivity contribution in [3.8, 4) is 11.5 Å². The standard InChI is InChI=1S/C17H20O3.C16H18O3/c1-4-12-6-7-13-8-9-15(11-14(13)10-12)20-16(5-2)17(18)19-3;1-3-11-5-6-12-7-8-14(10-13(12)9-11)19-15(4-2)16(17)18/h6-11,16H,4-5H2,1-3H3;5-10,15H,3-4H2,1-2H3,(H,17,18). The molecule has 0 aliphatic rings. The van der Waals surface area contributed by atoms with Crippen molar-refractivity contribution in [1.82, 2.24) is 0 Å². The van der Waals surface area contributed by atoms with Crippen molar-refractivity contribution < 1.29 is 28.9 Å². The van der Waals surface area contributed by atoms with Gasteiger partial charge in [-0.05, 0) is 82.6 Å². The number of hydrogen-bond donors (Lipinski definition) is 1. The van der Waals surface area contributed by atoms with Crippen LogP contribution in [0.3, 0.4) is 0 Å². The first kappa shape index (κ1) is 29.5. The third kappa shape index (κ3) is 7.96. The summed E-state index contributed by atoms with van der Waals surface area (Å²) in [6.45, 7) is 7.94. The van der Waals surface area contributed by atoms with Crippen molar-refractivity contribution in [3.63, 3.8) is 0 Å². The zero-order valence-corrected chi connectivity index (χ0v) is 23.4.